The van der Waals surface area contributed by atoms with E-state index in [1.807, 2.05) is 0 Å². The van der Waals surface area contributed by atoms with E-state index in [1.54, 1.807) is 0 Å². The van der Waals surface area contributed by atoms with Crippen molar-refractivity contribution in [3.05, 3.63) is 0 Å². The molecular formula is C15H27N5O. The molecule has 1 aliphatic rings. The topological polar surface area (TPSA) is 72.0 Å². The highest BCUT2D eigenvalue weighted by Crippen LogP contribution is 2.40. The zero-order chi connectivity index (χ0) is 15.3. The number of hydrogen-bond acceptors (Lipinski definition) is 6. The van der Waals surface area contributed by atoms with Gasteiger partial charge in [-0.2, -0.15) is 15.0 Å². The fourth-order valence-electron chi connectivity index (χ4n) is 2.18. The van der Waals surface area contributed by atoms with Gasteiger partial charge in [0.15, 0.2) is 0 Å². The van der Waals surface area contributed by atoms with E-state index in [9.17, 15) is 0 Å². The maximum Gasteiger partial charge on any atom is 0.323 e. The molecule has 0 atom stereocenters. The number of nitrogens with one attached hydrogen (secondary N) is 2. The largest absolute Gasteiger partial charge is 0.463 e. The Hall–Kier alpha value is -1.59. The molecule has 0 saturated heterocycles. The molecule has 0 unspecified atom stereocenters. The van der Waals surface area contributed by atoms with Gasteiger partial charge in [-0.15, -0.1) is 0 Å². The van der Waals surface area contributed by atoms with Gasteiger partial charge in [-0.1, -0.05) is 13.8 Å². The first-order valence-electron chi connectivity index (χ1n) is 7.96. The summed E-state index contributed by atoms with van der Waals surface area (Å²) >= 11 is 0. The van der Waals surface area contributed by atoms with Crippen LogP contribution in [-0.4, -0.2) is 33.6 Å². The second-order valence-corrected chi connectivity index (χ2v) is 6.16. The normalized spacial score (nSPS) is 14.9. The summed E-state index contributed by atoms with van der Waals surface area (Å²) < 4.78 is 5.56. The van der Waals surface area contributed by atoms with Gasteiger partial charge >= 0.3 is 6.01 Å². The molecule has 0 spiro atoms. The van der Waals surface area contributed by atoms with Crippen molar-refractivity contribution in [2.24, 2.45) is 5.92 Å². The van der Waals surface area contributed by atoms with E-state index in [4.69, 9.17) is 4.74 Å². The van der Waals surface area contributed by atoms with E-state index in [2.05, 4.69) is 53.3 Å². The van der Waals surface area contributed by atoms with E-state index in [0.29, 0.717) is 30.4 Å². The van der Waals surface area contributed by atoms with Crippen LogP contribution < -0.4 is 15.4 Å². The lowest BCUT2D eigenvalue weighted by Crippen LogP contribution is -2.34. The fourth-order valence-corrected chi connectivity index (χ4v) is 2.18. The standard InChI is InChI=1S/C15H27N5O/c1-5-9-16-12-17-13(19-14(18-12)21-10-6-2)20-15(3,4)11-7-8-11/h11H,5-10H2,1-4H3,(H2,16,17,18,19,20). The van der Waals surface area contributed by atoms with Crippen LogP contribution in [0.1, 0.15) is 53.4 Å². The Balaban J connectivity index is 2.13. The van der Waals surface area contributed by atoms with Crippen LogP contribution in [0.3, 0.4) is 0 Å². The number of anilines is 2. The minimum atomic E-state index is 0.00536. The molecule has 118 valence electrons. The Morgan fingerprint density at radius 2 is 1.81 bits per heavy atom. The molecule has 6 nitrogen and oxygen atoms in total. The zero-order valence-corrected chi connectivity index (χ0v) is 13.6. The summed E-state index contributed by atoms with van der Waals surface area (Å²) in [6.45, 7) is 10.0. The third-order valence-corrected chi connectivity index (χ3v) is 3.62. The van der Waals surface area contributed by atoms with Gasteiger partial charge in [-0.25, -0.2) is 0 Å². The summed E-state index contributed by atoms with van der Waals surface area (Å²) in [5.74, 6) is 1.86. The van der Waals surface area contributed by atoms with Crippen LogP contribution in [0.4, 0.5) is 11.9 Å². The molecule has 0 aliphatic heterocycles. The van der Waals surface area contributed by atoms with Crippen molar-refractivity contribution in [2.45, 2.75) is 58.9 Å². The van der Waals surface area contributed by atoms with Crippen LogP contribution in [0.5, 0.6) is 6.01 Å². The lowest BCUT2D eigenvalue weighted by atomic mass is 9.99. The summed E-state index contributed by atoms with van der Waals surface area (Å²) in [6, 6.07) is 0.388. The SMILES string of the molecule is CCCNc1nc(NC(C)(C)C2CC2)nc(OCCC)n1. The van der Waals surface area contributed by atoms with Gasteiger partial charge in [0.05, 0.1) is 6.61 Å². The van der Waals surface area contributed by atoms with Crippen LogP contribution in [0.25, 0.3) is 0 Å². The predicted molar refractivity (Wildman–Crippen MR) is 84.8 cm³/mol. The third kappa shape index (κ3) is 4.72. The smallest absolute Gasteiger partial charge is 0.323 e. The molecule has 1 aliphatic carbocycles. The summed E-state index contributed by atoms with van der Waals surface area (Å²) in [6.07, 6.45) is 4.49. The second kappa shape index (κ2) is 6.91. The Labute approximate surface area is 127 Å². The zero-order valence-electron chi connectivity index (χ0n) is 13.6. The van der Waals surface area contributed by atoms with Crippen molar-refractivity contribution in [1.82, 2.24) is 15.0 Å². The van der Waals surface area contributed by atoms with Crippen LogP contribution in [0.15, 0.2) is 0 Å². The van der Waals surface area contributed by atoms with E-state index >= 15 is 0 Å². The minimum Gasteiger partial charge on any atom is -0.463 e. The van der Waals surface area contributed by atoms with Crippen LogP contribution >= 0.6 is 0 Å². The summed E-state index contributed by atoms with van der Waals surface area (Å²) in [7, 11) is 0. The summed E-state index contributed by atoms with van der Waals surface area (Å²) in [5.41, 5.74) is 0.00536. The minimum absolute atomic E-state index is 0.00536. The Morgan fingerprint density at radius 1 is 1.10 bits per heavy atom. The molecule has 0 aromatic carbocycles. The van der Waals surface area contributed by atoms with Crippen molar-refractivity contribution in [3.63, 3.8) is 0 Å². The number of ether oxygens (including phenoxy) is 1. The van der Waals surface area contributed by atoms with Crippen molar-refractivity contribution >= 4 is 11.9 Å². The van der Waals surface area contributed by atoms with Gasteiger partial charge in [0.1, 0.15) is 0 Å². The van der Waals surface area contributed by atoms with Crippen LogP contribution in [0, 0.1) is 5.92 Å². The number of nitrogens with zero attached hydrogens (tertiary/aromatic N) is 3. The first kappa shape index (κ1) is 15.8. The van der Waals surface area contributed by atoms with Crippen LogP contribution in [0.2, 0.25) is 0 Å². The lowest BCUT2D eigenvalue weighted by molar-refractivity contribution is 0.292. The lowest BCUT2D eigenvalue weighted by Gasteiger charge is -2.26. The molecule has 21 heavy (non-hydrogen) atoms. The van der Waals surface area contributed by atoms with Gasteiger partial charge in [-0.05, 0) is 45.4 Å². The third-order valence-electron chi connectivity index (χ3n) is 3.62. The Bertz CT molecular complexity index is 433. The molecule has 1 aromatic heterocycles. The molecule has 1 saturated carbocycles. The molecule has 2 N–H and O–H groups in total. The highest BCUT2D eigenvalue weighted by molar-refractivity contribution is 5.38. The first-order chi connectivity index (χ1) is 10.0. The fraction of sp³-hybridized carbons (Fsp3) is 0.800. The molecule has 0 radical (unpaired) electrons. The van der Waals surface area contributed by atoms with Gasteiger partial charge in [-0.3, -0.25) is 0 Å². The van der Waals surface area contributed by atoms with E-state index in [-0.39, 0.29) is 5.54 Å². The van der Waals surface area contributed by atoms with Crippen molar-refractivity contribution < 1.29 is 4.74 Å². The molecule has 1 fully saturated rings. The Kier molecular flexibility index (Phi) is 5.20. The maximum atomic E-state index is 5.56. The predicted octanol–water partition coefficient (Wildman–Crippen LogP) is 3.08. The van der Waals surface area contributed by atoms with Crippen LogP contribution in [-0.2, 0) is 0 Å². The molecule has 1 heterocycles. The number of rotatable bonds is 9. The first-order valence-corrected chi connectivity index (χ1v) is 7.96. The van der Waals surface area contributed by atoms with E-state index in [0.717, 1.165) is 19.4 Å². The average Bonchev–Trinajstić information content (AvgIpc) is 3.27. The van der Waals surface area contributed by atoms with Crippen molar-refractivity contribution in [3.8, 4) is 6.01 Å². The average molecular weight is 293 g/mol. The molecular weight excluding hydrogens is 266 g/mol. The second-order valence-electron chi connectivity index (χ2n) is 6.16. The molecule has 0 bridgehead atoms. The molecule has 2 rings (SSSR count). The van der Waals surface area contributed by atoms with Gasteiger partial charge < -0.3 is 15.4 Å². The van der Waals surface area contributed by atoms with E-state index in [1.165, 1.54) is 12.8 Å². The molecule has 6 heteroatoms. The molecule has 0 amide bonds. The highest BCUT2D eigenvalue weighted by Gasteiger charge is 2.38. The number of hydrogen-bond donors (Lipinski definition) is 2. The molecule has 1 aromatic rings. The van der Waals surface area contributed by atoms with Crippen molar-refractivity contribution in [2.75, 3.05) is 23.8 Å². The van der Waals surface area contributed by atoms with E-state index < -0.39 is 0 Å². The summed E-state index contributed by atoms with van der Waals surface area (Å²) in [5, 5.41) is 6.63. The Morgan fingerprint density at radius 3 is 2.43 bits per heavy atom. The number of aromatic nitrogens is 3. The van der Waals surface area contributed by atoms with Gasteiger partial charge in [0.2, 0.25) is 11.9 Å². The summed E-state index contributed by atoms with van der Waals surface area (Å²) in [4.78, 5) is 13.1. The maximum absolute atomic E-state index is 5.56. The highest BCUT2D eigenvalue weighted by atomic mass is 16.5. The quantitative estimate of drug-likeness (QED) is 0.729. The monoisotopic (exact) mass is 293 g/mol. The van der Waals surface area contributed by atoms with Gasteiger partial charge in [0.25, 0.3) is 0 Å². The van der Waals surface area contributed by atoms with Crippen molar-refractivity contribution in [1.29, 1.82) is 0 Å². The van der Waals surface area contributed by atoms with Gasteiger partial charge in [0, 0.05) is 12.1 Å².